The maximum atomic E-state index is 12.1. The first-order valence-corrected chi connectivity index (χ1v) is 6.80. The number of nitrogens with two attached hydrogens (primary N) is 1. The van der Waals surface area contributed by atoms with Crippen LogP contribution in [0.1, 0.15) is 16.2 Å². The molecule has 1 aromatic heterocycles. The Morgan fingerprint density at radius 1 is 1.43 bits per heavy atom. The van der Waals surface area contributed by atoms with Gasteiger partial charge in [-0.25, -0.2) is 4.98 Å². The van der Waals surface area contributed by atoms with Gasteiger partial charge in [0.1, 0.15) is 5.82 Å². The molecule has 0 aliphatic rings. The second kappa shape index (κ2) is 6.30. The predicted octanol–water partition coefficient (Wildman–Crippen LogP) is 1.04. The molecule has 0 saturated carbocycles. The first-order valence-electron chi connectivity index (χ1n) is 6.80. The topological polar surface area (TPSA) is 76.2 Å². The second-order valence-corrected chi connectivity index (χ2v) is 5.13. The van der Waals surface area contributed by atoms with Crippen LogP contribution >= 0.6 is 0 Å². The van der Waals surface area contributed by atoms with Crippen molar-refractivity contribution in [2.75, 3.05) is 31.3 Å². The number of nitrogens with one attached hydrogen (secondary N) is 1. The zero-order valence-electron chi connectivity index (χ0n) is 12.6. The van der Waals surface area contributed by atoms with E-state index < -0.39 is 0 Å². The standard InChI is InChI=1S/C15H21N5O/c1-19(2)13-5-4-11(10-12(13)16)15(21)18-7-6-14-17-8-9-20(14)3/h4-5,8-10H,6-7,16H2,1-3H3,(H,18,21). The van der Waals surface area contributed by atoms with Crippen molar-refractivity contribution in [2.45, 2.75) is 6.42 Å². The van der Waals surface area contributed by atoms with Crippen LogP contribution in [-0.4, -0.2) is 36.1 Å². The number of hydrogen-bond acceptors (Lipinski definition) is 4. The summed E-state index contributed by atoms with van der Waals surface area (Å²) in [5.41, 5.74) is 8.01. The number of nitrogens with zero attached hydrogens (tertiary/aromatic N) is 3. The number of nitrogen functional groups attached to an aromatic ring is 1. The molecule has 0 fully saturated rings. The van der Waals surface area contributed by atoms with Crippen LogP contribution in [0.15, 0.2) is 30.6 Å². The second-order valence-electron chi connectivity index (χ2n) is 5.13. The van der Waals surface area contributed by atoms with E-state index in [0.29, 0.717) is 24.2 Å². The van der Waals surface area contributed by atoms with E-state index in [-0.39, 0.29) is 5.91 Å². The lowest BCUT2D eigenvalue weighted by Gasteiger charge is -2.15. The van der Waals surface area contributed by atoms with Gasteiger partial charge in [0.15, 0.2) is 0 Å². The van der Waals surface area contributed by atoms with Gasteiger partial charge in [0.25, 0.3) is 5.91 Å². The zero-order valence-corrected chi connectivity index (χ0v) is 12.6. The molecule has 0 saturated heterocycles. The Balaban J connectivity index is 1.94. The molecule has 2 aromatic rings. The Morgan fingerprint density at radius 3 is 2.76 bits per heavy atom. The molecule has 6 heteroatoms. The van der Waals surface area contributed by atoms with E-state index in [1.165, 1.54) is 0 Å². The molecule has 2 rings (SSSR count). The molecule has 1 amide bonds. The van der Waals surface area contributed by atoms with E-state index in [2.05, 4.69) is 10.3 Å². The van der Waals surface area contributed by atoms with Crippen molar-refractivity contribution in [3.63, 3.8) is 0 Å². The van der Waals surface area contributed by atoms with Gasteiger partial charge in [-0.3, -0.25) is 4.79 Å². The zero-order chi connectivity index (χ0) is 15.4. The van der Waals surface area contributed by atoms with Gasteiger partial charge >= 0.3 is 0 Å². The van der Waals surface area contributed by atoms with Crippen LogP contribution in [0.3, 0.4) is 0 Å². The van der Waals surface area contributed by atoms with Crippen molar-refractivity contribution in [3.8, 4) is 0 Å². The summed E-state index contributed by atoms with van der Waals surface area (Å²) in [5.74, 6) is 0.819. The fourth-order valence-electron chi connectivity index (χ4n) is 2.13. The predicted molar refractivity (Wildman–Crippen MR) is 84.4 cm³/mol. The number of aromatic nitrogens is 2. The molecule has 0 unspecified atom stereocenters. The molecule has 1 aromatic carbocycles. The van der Waals surface area contributed by atoms with Crippen LogP contribution in [0.2, 0.25) is 0 Å². The van der Waals surface area contributed by atoms with E-state index in [1.807, 2.05) is 42.9 Å². The fourth-order valence-corrected chi connectivity index (χ4v) is 2.13. The van der Waals surface area contributed by atoms with Crippen molar-refractivity contribution >= 4 is 17.3 Å². The van der Waals surface area contributed by atoms with Gasteiger partial charge in [-0.05, 0) is 18.2 Å². The largest absolute Gasteiger partial charge is 0.397 e. The quantitative estimate of drug-likeness (QED) is 0.806. The van der Waals surface area contributed by atoms with Crippen LogP contribution in [0, 0.1) is 0 Å². The van der Waals surface area contributed by atoms with Crippen molar-refractivity contribution in [1.29, 1.82) is 0 Å². The third-order valence-corrected chi connectivity index (χ3v) is 3.33. The van der Waals surface area contributed by atoms with Crippen molar-refractivity contribution in [1.82, 2.24) is 14.9 Å². The molecule has 1 heterocycles. The van der Waals surface area contributed by atoms with Gasteiger partial charge in [0, 0.05) is 52.1 Å². The molecule has 0 bridgehead atoms. The minimum absolute atomic E-state index is 0.124. The number of rotatable bonds is 5. The van der Waals surface area contributed by atoms with Gasteiger partial charge in [-0.15, -0.1) is 0 Å². The summed E-state index contributed by atoms with van der Waals surface area (Å²) in [7, 11) is 5.77. The van der Waals surface area contributed by atoms with Crippen LogP contribution in [0.5, 0.6) is 0 Å². The highest BCUT2D eigenvalue weighted by Crippen LogP contribution is 2.22. The van der Waals surface area contributed by atoms with Crippen molar-refractivity contribution in [3.05, 3.63) is 42.0 Å². The summed E-state index contributed by atoms with van der Waals surface area (Å²) in [6.45, 7) is 0.541. The van der Waals surface area contributed by atoms with Crippen molar-refractivity contribution in [2.24, 2.45) is 7.05 Å². The molecule has 0 spiro atoms. The molecule has 112 valence electrons. The number of carbonyl (C=O) groups is 1. The Hall–Kier alpha value is -2.50. The van der Waals surface area contributed by atoms with E-state index in [4.69, 9.17) is 5.73 Å². The average Bonchev–Trinajstić information content (AvgIpc) is 2.83. The van der Waals surface area contributed by atoms with E-state index in [9.17, 15) is 4.79 Å². The van der Waals surface area contributed by atoms with Crippen molar-refractivity contribution < 1.29 is 4.79 Å². The molecule has 0 aliphatic heterocycles. The minimum Gasteiger partial charge on any atom is -0.397 e. The number of anilines is 2. The Kier molecular flexibility index (Phi) is 4.47. The maximum Gasteiger partial charge on any atom is 0.251 e. The maximum absolute atomic E-state index is 12.1. The molecular formula is C15H21N5O. The monoisotopic (exact) mass is 287 g/mol. The van der Waals surface area contributed by atoms with E-state index in [1.54, 1.807) is 18.3 Å². The number of carbonyl (C=O) groups excluding carboxylic acids is 1. The lowest BCUT2D eigenvalue weighted by Crippen LogP contribution is -2.26. The van der Waals surface area contributed by atoms with Crippen LogP contribution in [-0.2, 0) is 13.5 Å². The first-order chi connectivity index (χ1) is 9.99. The number of aryl methyl sites for hydroxylation is 1. The SMILES string of the molecule is CN(C)c1ccc(C(=O)NCCc2nccn2C)cc1N. The fraction of sp³-hybridized carbons (Fsp3) is 0.333. The van der Waals surface area contributed by atoms with E-state index in [0.717, 1.165) is 11.5 Å². The molecule has 0 atom stereocenters. The number of hydrogen-bond donors (Lipinski definition) is 2. The summed E-state index contributed by atoms with van der Waals surface area (Å²) in [5, 5.41) is 2.88. The van der Waals surface area contributed by atoms with Crippen LogP contribution in [0.4, 0.5) is 11.4 Å². The summed E-state index contributed by atoms with van der Waals surface area (Å²) in [6.07, 6.45) is 4.33. The molecule has 6 nitrogen and oxygen atoms in total. The Bertz CT molecular complexity index is 633. The summed E-state index contributed by atoms with van der Waals surface area (Å²) < 4.78 is 1.94. The highest BCUT2D eigenvalue weighted by molar-refractivity contribution is 5.96. The van der Waals surface area contributed by atoms with Gasteiger partial charge < -0.3 is 20.5 Å². The highest BCUT2D eigenvalue weighted by Gasteiger charge is 2.09. The molecular weight excluding hydrogens is 266 g/mol. The lowest BCUT2D eigenvalue weighted by atomic mass is 10.1. The average molecular weight is 287 g/mol. The Labute approximate surface area is 124 Å². The first kappa shape index (κ1) is 14.9. The number of imidazole rings is 1. The molecule has 21 heavy (non-hydrogen) atoms. The van der Waals surface area contributed by atoms with Gasteiger partial charge in [-0.1, -0.05) is 0 Å². The summed E-state index contributed by atoms with van der Waals surface area (Å²) in [4.78, 5) is 18.2. The molecule has 0 radical (unpaired) electrons. The lowest BCUT2D eigenvalue weighted by molar-refractivity contribution is 0.0954. The van der Waals surface area contributed by atoms with Gasteiger partial charge in [0.05, 0.1) is 11.4 Å². The van der Waals surface area contributed by atoms with Gasteiger partial charge in [-0.2, -0.15) is 0 Å². The number of benzene rings is 1. The summed E-state index contributed by atoms with van der Waals surface area (Å²) in [6, 6.07) is 5.33. The number of amides is 1. The molecule has 3 N–H and O–H groups in total. The Morgan fingerprint density at radius 2 is 2.19 bits per heavy atom. The normalized spacial score (nSPS) is 10.4. The van der Waals surface area contributed by atoms with E-state index >= 15 is 0 Å². The highest BCUT2D eigenvalue weighted by atomic mass is 16.1. The third-order valence-electron chi connectivity index (χ3n) is 3.33. The summed E-state index contributed by atoms with van der Waals surface area (Å²) >= 11 is 0. The minimum atomic E-state index is -0.124. The van der Waals surface area contributed by atoms with Crippen LogP contribution in [0.25, 0.3) is 0 Å². The van der Waals surface area contributed by atoms with Gasteiger partial charge in [0.2, 0.25) is 0 Å². The molecule has 0 aliphatic carbocycles. The van der Waals surface area contributed by atoms with Crippen LogP contribution < -0.4 is 16.0 Å². The smallest absolute Gasteiger partial charge is 0.251 e. The third kappa shape index (κ3) is 3.53.